The predicted molar refractivity (Wildman–Crippen MR) is 340 cm³/mol. The van der Waals surface area contributed by atoms with E-state index in [0.717, 1.165) is 135 Å². The summed E-state index contributed by atoms with van der Waals surface area (Å²) in [5.74, 6) is -3.17. The summed E-state index contributed by atoms with van der Waals surface area (Å²) in [4.78, 5) is 51.4. The molecule has 0 aromatic heterocycles. The number of hydrogen-bond donors (Lipinski definition) is 3. The molecule has 0 aromatic rings. The summed E-state index contributed by atoms with van der Waals surface area (Å²) in [7, 11) is 0. The van der Waals surface area contributed by atoms with Crippen LogP contribution in [0.15, 0.2) is 97.2 Å². The molecule has 0 aromatic carbocycles. The average Bonchev–Trinajstić information content (AvgIpc) is 3.59. The molecule has 0 bridgehead atoms. The van der Waals surface area contributed by atoms with E-state index in [2.05, 4.69) is 118 Å². The number of aliphatic hydroxyl groups excluding tert-OH is 2. The third-order valence-electron chi connectivity index (χ3n) is 14.7. The molecule has 0 aliphatic carbocycles. The summed E-state index contributed by atoms with van der Waals surface area (Å²) in [6.45, 7) is 5.77. The van der Waals surface area contributed by atoms with Gasteiger partial charge >= 0.3 is 23.9 Å². The second kappa shape index (κ2) is 58.0. The number of unbranched alkanes of at least 4 members (excludes halogenated alkanes) is 26. The molecule has 0 amide bonds. The Morgan fingerprint density at radius 3 is 1.17 bits per heavy atom. The topological polar surface area (TPSA) is 175 Å². The number of rotatable bonds is 56. The Bertz CT molecular complexity index is 1810. The van der Waals surface area contributed by atoms with Crippen LogP contribution < -0.4 is 0 Å². The van der Waals surface area contributed by atoms with E-state index in [4.69, 9.17) is 23.7 Å². The summed E-state index contributed by atoms with van der Waals surface area (Å²) in [6.07, 6.45) is 65.0. The molecule has 6 atom stereocenters. The molecular weight excluding hydrogens is 1040 g/mol. The van der Waals surface area contributed by atoms with Crippen molar-refractivity contribution in [1.29, 1.82) is 0 Å². The Balaban J connectivity index is 2.68. The van der Waals surface area contributed by atoms with Gasteiger partial charge in [-0.1, -0.05) is 259 Å². The Morgan fingerprint density at radius 2 is 0.759 bits per heavy atom. The van der Waals surface area contributed by atoms with Gasteiger partial charge in [0.15, 0.2) is 24.6 Å². The van der Waals surface area contributed by atoms with Crippen molar-refractivity contribution in [2.75, 3.05) is 13.2 Å². The lowest BCUT2D eigenvalue weighted by molar-refractivity contribution is -0.301. The first-order valence-corrected chi connectivity index (χ1v) is 33.2. The quantitative estimate of drug-likeness (QED) is 0.0228. The Labute approximate surface area is 504 Å². The fourth-order valence-electron chi connectivity index (χ4n) is 9.65. The number of ether oxygens (including phenoxy) is 5. The van der Waals surface area contributed by atoms with E-state index in [0.29, 0.717) is 19.3 Å². The van der Waals surface area contributed by atoms with Gasteiger partial charge < -0.3 is 39.0 Å². The van der Waals surface area contributed by atoms with Gasteiger partial charge in [0.1, 0.15) is 18.8 Å². The number of carbonyl (C=O) groups is 4. The molecule has 1 heterocycles. The van der Waals surface area contributed by atoms with Crippen LogP contribution in [-0.2, 0) is 42.9 Å². The zero-order valence-corrected chi connectivity index (χ0v) is 52.4. The summed E-state index contributed by atoms with van der Waals surface area (Å²) in [5.41, 5.74) is 0. The van der Waals surface area contributed by atoms with Gasteiger partial charge in [-0.05, 0) is 96.3 Å². The van der Waals surface area contributed by atoms with Gasteiger partial charge in [-0.2, -0.15) is 0 Å². The van der Waals surface area contributed by atoms with Crippen LogP contribution in [0.3, 0.4) is 0 Å². The number of carboxylic acid groups (broad SMARTS) is 1. The predicted octanol–water partition coefficient (Wildman–Crippen LogP) is 18.0. The fraction of sp³-hybridized carbons (Fsp3) is 0.718. The maximum absolute atomic E-state index is 13.2. The highest BCUT2D eigenvalue weighted by Crippen LogP contribution is 2.27. The maximum Gasteiger partial charge on any atom is 0.335 e. The molecule has 0 spiro atoms. The van der Waals surface area contributed by atoms with Gasteiger partial charge in [0, 0.05) is 19.3 Å². The lowest BCUT2D eigenvalue weighted by Crippen LogP contribution is -2.61. The number of hydrogen-bond acceptors (Lipinski definition) is 11. The summed E-state index contributed by atoms with van der Waals surface area (Å²) >= 11 is 0. The van der Waals surface area contributed by atoms with Crippen LogP contribution in [0.2, 0.25) is 0 Å². The standard InChI is InChI=1S/C71H118O12/c1-4-7-10-13-16-19-22-25-28-31-32-35-36-39-42-45-48-51-54-57-63(72)79-60-62(81-64(73)58-55-52-49-46-43-40-37-33-29-26-23-20-17-14-11-8-5-2)61-80-71-69(67(76)66(75)68(83-71)70(77)78)82-65(74)59-56-53-50-47-44-41-38-34-30-27-24-21-18-15-12-9-6-3/h7,9-10,12,16,18-19,21,25,27-28,30,32,35,39,42,62,66-69,71,75-76H,4-6,8,11,13-15,17,20,22-24,26,29,31,33-34,36-38,40-41,43-61H2,1-3H3,(H,77,78)/b10-7-,12-9-,19-16-,21-18-,28-25-,30-27-,35-32-,42-39-. The first-order chi connectivity index (χ1) is 40.6. The van der Waals surface area contributed by atoms with Crippen LogP contribution in [0, 0.1) is 0 Å². The zero-order valence-electron chi connectivity index (χ0n) is 52.4. The van der Waals surface area contributed by atoms with Crippen LogP contribution >= 0.6 is 0 Å². The highest BCUT2D eigenvalue weighted by molar-refractivity contribution is 5.74. The van der Waals surface area contributed by atoms with Crippen LogP contribution in [-0.4, -0.2) is 89.2 Å². The average molecular weight is 1160 g/mol. The van der Waals surface area contributed by atoms with E-state index in [-0.39, 0.29) is 25.9 Å². The van der Waals surface area contributed by atoms with E-state index in [1.807, 2.05) is 0 Å². The SMILES string of the molecule is CC/C=C\C/C=C\C/C=C\C/C=C\C/C=C\CCCCCC(=O)OCC(COC1OC(C(=O)O)C(O)C(O)C1OC(=O)CCCCCCCCC/C=C\C/C=C\C/C=C\CC)OC(=O)CCCCCCCCCCCCCCCCCCC. The summed E-state index contributed by atoms with van der Waals surface area (Å²) < 4.78 is 28.5. The number of aliphatic carboxylic acids is 1. The largest absolute Gasteiger partial charge is 0.479 e. The minimum atomic E-state index is -1.92. The molecule has 1 aliphatic heterocycles. The minimum absolute atomic E-state index is 0.0432. The lowest BCUT2D eigenvalue weighted by Gasteiger charge is -2.40. The van der Waals surface area contributed by atoms with Gasteiger partial charge in [-0.15, -0.1) is 0 Å². The smallest absolute Gasteiger partial charge is 0.335 e. The molecule has 83 heavy (non-hydrogen) atoms. The molecule has 0 radical (unpaired) electrons. The first kappa shape index (κ1) is 76.7. The Kier molecular flexibility index (Phi) is 53.6. The van der Waals surface area contributed by atoms with Crippen LogP contribution in [0.5, 0.6) is 0 Å². The molecule has 1 saturated heterocycles. The number of aliphatic hydroxyl groups is 2. The van der Waals surface area contributed by atoms with Crippen molar-refractivity contribution < 1.29 is 58.2 Å². The second-order valence-corrected chi connectivity index (χ2v) is 22.3. The molecular formula is C71H118O12. The third kappa shape index (κ3) is 47.6. The molecule has 6 unspecified atom stereocenters. The van der Waals surface area contributed by atoms with Crippen molar-refractivity contribution in [1.82, 2.24) is 0 Å². The number of carbonyl (C=O) groups excluding carboxylic acids is 3. The molecule has 0 saturated carbocycles. The van der Waals surface area contributed by atoms with E-state index >= 15 is 0 Å². The number of allylic oxidation sites excluding steroid dienone is 16. The van der Waals surface area contributed by atoms with Crippen molar-refractivity contribution in [3.8, 4) is 0 Å². The van der Waals surface area contributed by atoms with Gasteiger partial charge in [-0.3, -0.25) is 14.4 Å². The van der Waals surface area contributed by atoms with Gasteiger partial charge in [0.05, 0.1) is 6.61 Å². The molecule has 1 rings (SSSR count). The minimum Gasteiger partial charge on any atom is -0.479 e. The molecule has 1 fully saturated rings. The summed E-state index contributed by atoms with van der Waals surface area (Å²) in [5, 5.41) is 31.6. The second-order valence-electron chi connectivity index (χ2n) is 22.3. The third-order valence-corrected chi connectivity index (χ3v) is 14.7. The summed E-state index contributed by atoms with van der Waals surface area (Å²) in [6, 6.07) is 0. The highest BCUT2D eigenvalue weighted by atomic mass is 16.7. The lowest BCUT2D eigenvalue weighted by atomic mass is 9.98. The van der Waals surface area contributed by atoms with E-state index in [9.17, 15) is 34.5 Å². The molecule has 12 heteroatoms. The van der Waals surface area contributed by atoms with Crippen molar-refractivity contribution >= 4 is 23.9 Å². The molecule has 3 N–H and O–H groups in total. The number of esters is 3. The Morgan fingerprint density at radius 1 is 0.410 bits per heavy atom. The first-order valence-electron chi connectivity index (χ1n) is 33.2. The maximum atomic E-state index is 13.2. The Hall–Kier alpha value is -4.36. The normalized spacial score (nSPS) is 18.2. The van der Waals surface area contributed by atoms with Crippen molar-refractivity contribution in [2.45, 2.75) is 314 Å². The van der Waals surface area contributed by atoms with E-state index < -0.39 is 67.3 Å². The van der Waals surface area contributed by atoms with Gasteiger partial charge in [-0.25, -0.2) is 4.79 Å². The fourth-order valence-corrected chi connectivity index (χ4v) is 9.65. The van der Waals surface area contributed by atoms with Gasteiger partial charge in [0.2, 0.25) is 0 Å². The van der Waals surface area contributed by atoms with Crippen molar-refractivity contribution in [3.05, 3.63) is 97.2 Å². The molecule has 12 nitrogen and oxygen atoms in total. The molecule has 474 valence electrons. The zero-order chi connectivity index (χ0) is 60.3. The highest BCUT2D eigenvalue weighted by Gasteiger charge is 2.50. The monoisotopic (exact) mass is 1160 g/mol. The van der Waals surface area contributed by atoms with Crippen LogP contribution in [0.4, 0.5) is 0 Å². The van der Waals surface area contributed by atoms with Crippen molar-refractivity contribution in [3.63, 3.8) is 0 Å². The van der Waals surface area contributed by atoms with Gasteiger partial charge in [0.25, 0.3) is 0 Å². The van der Waals surface area contributed by atoms with E-state index in [1.54, 1.807) is 0 Å². The van der Waals surface area contributed by atoms with Crippen LogP contribution in [0.25, 0.3) is 0 Å². The van der Waals surface area contributed by atoms with Crippen LogP contribution in [0.1, 0.15) is 278 Å². The van der Waals surface area contributed by atoms with Crippen molar-refractivity contribution in [2.24, 2.45) is 0 Å². The number of carboxylic acids is 1. The molecule has 1 aliphatic rings. The van der Waals surface area contributed by atoms with E-state index in [1.165, 1.54) is 83.5 Å².